The van der Waals surface area contributed by atoms with E-state index in [0.29, 0.717) is 26.0 Å². The minimum Gasteiger partial charge on any atom is -0.465 e. The Morgan fingerprint density at radius 1 is 1.33 bits per heavy atom. The maximum Gasteiger partial charge on any atom is 0.323 e. The molecule has 150 valence electrons. The Balaban J connectivity index is 1.98. The van der Waals surface area contributed by atoms with Crippen molar-refractivity contribution in [2.45, 2.75) is 57.7 Å². The smallest absolute Gasteiger partial charge is 0.323 e. The molecule has 1 fully saturated rings. The standard InChI is InChI=1S/C20H30N2O5/c1-3-26-20(24)18(12-11-16-8-5-4-6-9-16)21-15(2)19(23)22-13-7-10-17(22)14-27-25/h4-6,8-9,15,17-18,21,25H,3,7,10-14H2,1-2H3/t15-,17+,18-/m1/s1. The van der Waals surface area contributed by atoms with Gasteiger partial charge in [0.05, 0.1) is 18.7 Å². The zero-order chi connectivity index (χ0) is 19.6. The SMILES string of the molecule is CCOC(=O)[C@@H](CCc1ccccc1)N[C@H](C)C(=O)N1CCC[C@H]1COO. The Labute approximate surface area is 160 Å². The molecule has 3 atom stereocenters. The summed E-state index contributed by atoms with van der Waals surface area (Å²) in [6.07, 6.45) is 2.93. The number of rotatable bonds is 10. The molecule has 0 saturated carbocycles. The maximum absolute atomic E-state index is 12.8. The summed E-state index contributed by atoms with van der Waals surface area (Å²) in [5.41, 5.74) is 1.13. The summed E-state index contributed by atoms with van der Waals surface area (Å²) in [5.74, 6) is -0.437. The summed E-state index contributed by atoms with van der Waals surface area (Å²) in [5, 5.41) is 11.8. The predicted molar refractivity (Wildman–Crippen MR) is 101 cm³/mol. The number of nitrogens with zero attached hydrogens (tertiary/aromatic N) is 1. The minimum atomic E-state index is -0.556. The number of hydrogen-bond acceptors (Lipinski definition) is 6. The van der Waals surface area contributed by atoms with Gasteiger partial charge in [-0.2, -0.15) is 0 Å². The highest BCUT2D eigenvalue weighted by atomic mass is 17.1. The molecule has 0 aliphatic carbocycles. The van der Waals surface area contributed by atoms with E-state index in [0.717, 1.165) is 18.4 Å². The first kappa shape index (κ1) is 21.3. The molecule has 7 nitrogen and oxygen atoms in total. The van der Waals surface area contributed by atoms with E-state index < -0.39 is 12.1 Å². The first-order valence-corrected chi connectivity index (χ1v) is 9.60. The summed E-state index contributed by atoms with van der Waals surface area (Å²) in [4.78, 5) is 31.1. The van der Waals surface area contributed by atoms with Crippen molar-refractivity contribution in [3.05, 3.63) is 35.9 Å². The molecule has 1 aliphatic rings. The Morgan fingerprint density at radius 2 is 2.07 bits per heavy atom. The molecule has 27 heavy (non-hydrogen) atoms. The molecule has 1 saturated heterocycles. The van der Waals surface area contributed by atoms with Gasteiger partial charge in [0.15, 0.2) is 0 Å². The van der Waals surface area contributed by atoms with Crippen LogP contribution in [-0.4, -0.2) is 59.9 Å². The molecule has 1 heterocycles. The summed E-state index contributed by atoms with van der Waals surface area (Å²) < 4.78 is 5.18. The molecule has 1 aliphatic heterocycles. The van der Waals surface area contributed by atoms with Gasteiger partial charge in [0.25, 0.3) is 0 Å². The zero-order valence-electron chi connectivity index (χ0n) is 16.1. The average molecular weight is 378 g/mol. The molecule has 0 unspecified atom stereocenters. The van der Waals surface area contributed by atoms with Crippen LogP contribution in [0.25, 0.3) is 0 Å². The van der Waals surface area contributed by atoms with Crippen molar-refractivity contribution in [3.8, 4) is 0 Å². The summed E-state index contributed by atoms with van der Waals surface area (Å²) >= 11 is 0. The van der Waals surface area contributed by atoms with E-state index in [9.17, 15) is 9.59 Å². The van der Waals surface area contributed by atoms with Crippen molar-refractivity contribution in [2.24, 2.45) is 0 Å². The number of nitrogens with one attached hydrogen (secondary N) is 1. The largest absolute Gasteiger partial charge is 0.465 e. The van der Waals surface area contributed by atoms with E-state index in [2.05, 4.69) is 10.2 Å². The number of aryl methyl sites for hydroxylation is 1. The molecule has 2 N–H and O–H groups in total. The highest BCUT2D eigenvalue weighted by Crippen LogP contribution is 2.19. The van der Waals surface area contributed by atoms with E-state index in [1.807, 2.05) is 30.3 Å². The third-order valence-corrected chi connectivity index (χ3v) is 4.88. The minimum absolute atomic E-state index is 0.0939. The van der Waals surface area contributed by atoms with E-state index >= 15 is 0 Å². The van der Waals surface area contributed by atoms with Gasteiger partial charge in [-0.15, -0.1) is 0 Å². The quantitative estimate of drug-likeness (QED) is 0.368. The van der Waals surface area contributed by atoms with Crippen LogP contribution in [0.15, 0.2) is 30.3 Å². The highest BCUT2D eigenvalue weighted by molar-refractivity contribution is 5.83. The van der Waals surface area contributed by atoms with Crippen molar-refractivity contribution in [3.63, 3.8) is 0 Å². The van der Waals surface area contributed by atoms with Gasteiger partial charge in [0.1, 0.15) is 12.6 Å². The summed E-state index contributed by atoms with van der Waals surface area (Å²) in [7, 11) is 0. The second kappa shape index (κ2) is 11.0. The molecule has 0 spiro atoms. The second-order valence-corrected chi connectivity index (χ2v) is 6.84. The number of esters is 1. The van der Waals surface area contributed by atoms with Crippen molar-refractivity contribution in [1.82, 2.24) is 10.2 Å². The van der Waals surface area contributed by atoms with Gasteiger partial charge in [-0.1, -0.05) is 30.3 Å². The van der Waals surface area contributed by atoms with E-state index in [1.165, 1.54) is 0 Å². The second-order valence-electron chi connectivity index (χ2n) is 6.84. The van der Waals surface area contributed by atoms with Gasteiger partial charge in [-0.25, -0.2) is 4.89 Å². The normalized spacial score (nSPS) is 18.9. The van der Waals surface area contributed by atoms with Crippen LogP contribution in [0.3, 0.4) is 0 Å². The molecule has 7 heteroatoms. The Morgan fingerprint density at radius 3 is 2.74 bits per heavy atom. The fourth-order valence-corrected chi connectivity index (χ4v) is 3.47. The van der Waals surface area contributed by atoms with Gasteiger partial charge in [0, 0.05) is 6.54 Å². The Bertz CT molecular complexity index is 595. The molecule has 1 amide bonds. The van der Waals surface area contributed by atoms with Crippen molar-refractivity contribution in [1.29, 1.82) is 0 Å². The molecular weight excluding hydrogens is 348 g/mol. The third kappa shape index (κ3) is 6.30. The van der Waals surface area contributed by atoms with Crippen LogP contribution in [0.5, 0.6) is 0 Å². The molecule has 0 aromatic heterocycles. The lowest BCUT2D eigenvalue weighted by atomic mass is 10.0. The molecule has 1 aromatic carbocycles. The van der Waals surface area contributed by atoms with Crippen LogP contribution >= 0.6 is 0 Å². The number of amides is 1. The lowest BCUT2D eigenvalue weighted by Crippen LogP contribution is -2.52. The summed E-state index contributed by atoms with van der Waals surface area (Å²) in [6.45, 7) is 4.56. The van der Waals surface area contributed by atoms with Crippen LogP contribution in [0, 0.1) is 0 Å². The molecule has 0 radical (unpaired) electrons. The summed E-state index contributed by atoms with van der Waals surface area (Å²) in [6, 6.07) is 8.69. The molecule has 0 bridgehead atoms. The average Bonchev–Trinajstić information content (AvgIpc) is 3.13. The number of carbonyl (C=O) groups is 2. The predicted octanol–water partition coefficient (Wildman–Crippen LogP) is 2.01. The fourth-order valence-electron chi connectivity index (χ4n) is 3.47. The van der Waals surface area contributed by atoms with Gasteiger partial charge in [-0.05, 0) is 45.1 Å². The highest BCUT2D eigenvalue weighted by Gasteiger charge is 2.33. The monoisotopic (exact) mass is 378 g/mol. The van der Waals surface area contributed by atoms with Gasteiger partial charge in [0.2, 0.25) is 5.91 Å². The zero-order valence-corrected chi connectivity index (χ0v) is 16.1. The molecule has 1 aromatic rings. The third-order valence-electron chi connectivity index (χ3n) is 4.88. The van der Waals surface area contributed by atoms with Crippen molar-refractivity contribution in [2.75, 3.05) is 19.8 Å². The van der Waals surface area contributed by atoms with E-state index in [4.69, 9.17) is 9.99 Å². The number of carbonyl (C=O) groups excluding carboxylic acids is 2. The number of likely N-dealkylation sites (tertiary alicyclic amines) is 1. The molecule has 2 rings (SSSR count). The molecular formula is C20H30N2O5. The van der Waals surface area contributed by atoms with Crippen molar-refractivity contribution < 1.29 is 24.5 Å². The number of hydrogen-bond donors (Lipinski definition) is 2. The van der Waals surface area contributed by atoms with Crippen LogP contribution in [0.4, 0.5) is 0 Å². The van der Waals surface area contributed by atoms with Crippen LogP contribution in [0.1, 0.15) is 38.7 Å². The Hall–Kier alpha value is -1.96. The van der Waals surface area contributed by atoms with Gasteiger partial charge < -0.3 is 9.64 Å². The first-order valence-electron chi connectivity index (χ1n) is 9.60. The van der Waals surface area contributed by atoms with Crippen LogP contribution in [-0.2, 0) is 25.6 Å². The maximum atomic E-state index is 12.8. The lowest BCUT2D eigenvalue weighted by molar-refractivity contribution is -0.250. The van der Waals surface area contributed by atoms with Gasteiger partial charge >= 0.3 is 5.97 Å². The van der Waals surface area contributed by atoms with Crippen molar-refractivity contribution >= 4 is 11.9 Å². The number of ether oxygens (including phenoxy) is 1. The first-order chi connectivity index (χ1) is 13.1. The van der Waals surface area contributed by atoms with Gasteiger partial charge in [-0.3, -0.25) is 20.2 Å². The topological polar surface area (TPSA) is 88.1 Å². The van der Waals surface area contributed by atoms with E-state index in [-0.39, 0.29) is 24.5 Å². The Kier molecular flexibility index (Phi) is 8.71. The number of benzene rings is 1. The fraction of sp³-hybridized carbons (Fsp3) is 0.600. The van der Waals surface area contributed by atoms with Crippen LogP contribution < -0.4 is 5.32 Å². The van der Waals surface area contributed by atoms with Crippen LogP contribution in [0.2, 0.25) is 0 Å². The lowest BCUT2D eigenvalue weighted by Gasteiger charge is -2.29. The van der Waals surface area contributed by atoms with E-state index in [1.54, 1.807) is 18.7 Å².